The molecule has 0 amide bonds. The van der Waals surface area contributed by atoms with Crippen LogP contribution in [0.1, 0.15) is 6.92 Å². The van der Waals surface area contributed by atoms with Gasteiger partial charge in [0, 0.05) is 0 Å². The number of hydrogen-bond acceptors (Lipinski definition) is 11. The SMILES string of the molecule is C=C(C)C(O)COP(=O)([O-])OP(=O)([O-])OP(=O)([O-])[O-].[Na+].[Na+].[Na+].[Na+]. The monoisotopic (exact) mass is 430 g/mol. The standard InChI is InChI=1S/C5H13O11P3.4Na/c1-4(2)5(6)3-14-18(10,11)16-19(12,13)15-17(7,8)9;;;;/h5-6H,1,3H2,2H3,(H,10,11)(H,12,13)(H2,7,8,9);;;;/q;4*+1/p-4. The summed E-state index contributed by atoms with van der Waals surface area (Å²) in [4.78, 5) is 41.7. The molecule has 0 aliphatic heterocycles. The summed E-state index contributed by atoms with van der Waals surface area (Å²) >= 11 is 0. The number of rotatable bonds is 8. The van der Waals surface area contributed by atoms with Crippen molar-refractivity contribution >= 4 is 23.5 Å². The van der Waals surface area contributed by atoms with E-state index in [0.717, 1.165) is 0 Å². The van der Waals surface area contributed by atoms with E-state index >= 15 is 0 Å². The van der Waals surface area contributed by atoms with Gasteiger partial charge in [0.15, 0.2) is 0 Å². The summed E-state index contributed by atoms with van der Waals surface area (Å²) in [5.41, 5.74) is 0.116. The molecule has 0 aromatic rings. The fraction of sp³-hybridized carbons (Fsp3) is 0.600. The minimum Gasteiger partial charge on any atom is -0.790 e. The molecule has 0 heterocycles. The van der Waals surface area contributed by atoms with E-state index < -0.39 is 36.2 Å². The Morgan fingerprint density at radius 3 is 1.70 bits per heavy atom. The molecule has 0 radical (unpaired) electrons. The van der Waals surface area contributed by atoms with E-state index in [4.69, 9.17) is 5.11 Å². The molecule has 0 rings (SSSR count). The minimum atomic E-state index is -6.01. The molecule has 3 atom stereocenters. The van der Waals surface area contributed by atoms with E-state index in [1.54, 1.807) is 0 Å². The molecule has 0 aliphatic carbocycles. The summed E-state index contributed by atoms with van der Waals surface area (Å²) in [7, 11) is -17.5. The van der Waals surface area contributed by atoms with E-state index in [-0.39, 0.29) is 124 Å². The van der Waals surface area contributed by atoms with Crippen molar-refractivity contribution in [2.45, 2.75) is 13.0 Å². The van der Waals surface area contributed by atoms with Crippen molar-refractivity contribution in [2.75, 3.05) is 6.61 Å². The molecule has 0 fully saturated rings. The predicted molar refractivity (Wildman–Crippen MR) is 51.8 cm³/mol. The molecule has 0 aliphatic rings. The van der Waals surface area contributed by atoms with Crippen LogP contribution in [0.4, 0.5) is 0 Å². The summed E-state index contributed by atoms with van der Waals surface area (Å²) in [6.07, 6.45) is -1.43. The van der Waals surface area contributed by atoms with Crippen LogP contribution in [0.2, 0.25) is 0 Å². The summed E-state index contributed by atoms with van der Waals surface area (Å²) < 4.78 is 41.8. The zero-order valence-corrected chi connectivity index (χ0v) is 24.0. The van der Waals surface area contributed by atoms with Crippen molar-refractivity contribution < 1.29 is 170 Å². The topological polar surface area (TPSA) is 191 Å². The van der Waals surface area contributed by atoms with Gasteiger partial charge in [-0.3, -0.25) is 13.4 Å². The van der Waals surface area contributed by atoms with E-state index in [2.05, 4.69) is 19.7 Å². The molecule has 11 nitrogen and oxygen atoms in total. The molecule has 0 saturated carbocycles. The summed E-state index contributed by atoms with van der Waals surface area (Å²) in [6.45, 7) is 3.67. The van der Waals surface area contributed by atoms with Gasteiger partial charge in [0.2, 0.25) is 0 Å². The number of phosphoric ester groups is 1. The molecule has 114 valence electrons. The van der Waals surface area contributed by atoms with E-state index in [1.165, 1.54) is 6.92 Å². The summed E-state index contributed by atoms with van der Waals surface area (Å²) in [5, 5.41) is 9.11. The fourth-order valence-electron chi connectivity index (χ4n) is 0.588. The van der Waals surface area contributed by atoms with Crippen LogP contribution in [0.15, 0.2) is 12.2 Å². The maximum absolute atomic E-state index is 11.0. The Kier molecular flexibility index (Phi) is 26.2. The van der Waals surface area contributed by atoms with Crippen LogP contribution in [0.5, 0.6) is 0 Å². The zero-order valence-electron chi connectivity index (χ0n) is 13.4. The first-order chi connectivity index (χ1) is 8.24. The van der Waals surface area contributed by atoms with Crippen LogP contribution in [0.3, 0.4) is 0 Å². The van der Waals surface area contributed by atoms with Crippen molar-refractivity contribution in [2.24, 2.45) is 0 Å². The van der Waals surface area contributed by atoms with Gasteiger partial charge >= 0.3 is 118 Å². The predicted octanol–water partition coefficient (Wildman–Crippen LogP) is -14.2. The van der Waals surface area contributed by atoms with Crippen LogP contribution in [-0.2, 0) is 26.8 Å². The van der Waals surface area contributed by atoms with Crippen molar-refractivity contribution in [1.82, 2.24) is 0 Å². The van der Waals surface area contributed by atoms with Gasteiger partial charge in [-0.15, -0.1) is 0 Å². The van der Waals surface area contributed by atoms with Gasteiger partial charge < -0.3 is 33.8 Å². The van der Waals surface area contributed by atoms with Crippen LogP contribution >= 0.6 is 23.5 Å². The Balaban J connectivity index is -0.000000270. The number of hydrogen-bond donors (Lipinski definition) is 1. The minimum absolute atomic E-state index is 0. The maximum Gasteiger partial charge on any atom is 1.00 e. The van der Waals surface area contributed by atoms with Gasteiger partial charge in [-0.05, 0) is 12.5 Å². The third-order valence-corrected chi connectivity index (χ3v) is 5.02. The molecule has 1 N–H and O–H groups in total. The maximum atomic E-state index is 11.0. The molecular formula is C5H9Na4O11P3. The Bertz CT molecular complexity index is 480. The summed E-state index contributed by atoms with van der Waals surface area (Å²) in [6, 6.07) is 0. The molecule has 0 bridgehead atoms. The molecule has 18 heteroatoms. The van der Waals surface area contributed by atoms with E-state index in [0.29, 0.717) is 0 Å². The van der Waals surface area contributed by atoms with Gasteiger partial charge in [0.25, 0.3) is 15.6 Å². The second kappa shape index (κ2) is 16.0. The largest absolute Gasteiger partial charge is 1.00 e. The smallest absolute Gasteiger partial charge is 0.790 e. The Hall–Kier alpha value is 4.11. The van der Waals surface area contributed by atoms with Gasteiger partial charge in [0.05, 0.1) is 20.5 Å². The number of phosphoric acid groups is 3. The average molecular weight is 430 g/mol. The first-order valence-electron chi connectivity index (χ1n) is 4.29. The second-order valence-electron chi connectivity index (χ2n) is 3.16. The van der Waals surface area contributed by atoms with Crippen molar-refractivity contribution in [3.8, 4) is 0 Å². The van der Waals surface area contributed by atoms with Crippen LogP contribution in [0, 0.1) is 0 Å². The van der Waals surface area contributed by atoms with Crippen LogP contribution in [0.25, 0.3) is 0 Å². The quantitative estimate of drug-likeness (QED) is 0.218. The molecular weight excluding hydrogens is 421 g/mol. The van der Waals surface area contributed by atoms with Crippen molar-refractivity contribution in [3.63, 3.8) is 0 Å². The first-order valence-corrected chi connectivity index (χ1v) is 8.67. The van der Waals surface area contributed by atoms with Gasteiger partial charge in [-0.1, -0.05) is 6.58 Å². The van der Waals surface area contributed by atoms with Crippen LogP contribution in [-0.4, -0.2) is 17.8 Å². The van der Waals surface area contributed by atoms with E-state index in [1.807, 2.05) is 0 Å². The third kappa shape index (κ3) is 22.3. The van der Waals surface area contributed by atoms with Crippen molar-refractivity contribution in [1.29, 1.82) is 0 Å². The molecule has 0 aromatic carbocycles. The fourth-order valence-corrected chi connectivity index (χ4v) is 3.45. The second-order valence-corrected chi connectivity index (χ2v) is 7.41. The summed E-state index contributed by atoms with van der Waals surface area (Å²) in [5.74, 6) is 0. The molecule has 3 unspecified atom stereocenters. The molecule has 0 spiro atoms. The Labute approximate surface area is 221 Å². The van der Waals surface area contributed by atoms with Gasteiger partial charge in [-0.25, -0.2) is 4.31 Å². The Morgan fingerprint density at radius 2 is 1.39 bits per heavy atom. The molecule has 0 saturated heterocycles. The van der Waals surface area contributed by atoms with Gasteiger partial charge in [0.1, 0.15) is 0 Å². The van der Waals surface area contributed by atoms with Gasteiger partial charge in [-0.2, -0.15) is 0 Å². The van der Waals surface area contributed by atoms with Crippen molar-refractivity contribution in [3.05, 3.63) is 12.2 Å². The first kappa shape index (κ1) is 37.8. The normalized spacial score (nSPS) is 16.8. The third-order valence-electron chi connectivity index (χ3n) is 1.36. The van der Waals surface area contributed by atoms with Crippen LogP contribution < -0.4 is 138 Å². The number of aliphatic hydroxyl groups excluding tert-OH is 1. The Morgan fingerprint density at radius 1 is 1.00 bits per heavy atom. The molecule has 0 aromatic heterocycles. The number of aliphatic hydroxyl groups is 1. The van der Waals surface area contributed by atoms with E-state index in [9.17, 15) is 33.3 Å². The molecule has 23 heavy (non-hydrogen) atoms. The zero-order chi connectivity index (χ0) is 15.5. The average Bonchev–Trinajstić information content (AvgIpc) is 2.07.